The van der Waals surface area contributed by atoms with Crippen molar-refractivity contribution in [3.63, 3.8) is 0 Å². The van der Waals surface area contributed by atoms with Crippen molar-refractivity contribution in [1.29, 1.82) is 0 Å². The average Bonchev–Trinajstić information content (AvgIpc) is 2.96. The third kappa shape index (κ3) is 5.82. The smallest absolute Gasteiger partial charge is 0.251 e. The van der Waals surface area contributed by atoms with E-state index in [1.807, 2.05) is 12.1 Å². The summed E-state index contributed by atoms with van der Waals surface area (Å²) in [5.74, 6) is -0.124. The van der Waals surface area contributed by atoms with Gasteiger partial charge in [-0.05, 0) is 42.8 Å². The molecule has 0 aliphatic rings. The zero-order valence-electron chi connectivity index (χ0n) is 13.2. The summed E-state index contributed by atoms with van der Waals surface area (Å²) in [5.41, 5.74) is 0.553. The van der Waals surface area contributed by atoms with Crippen molar-refractivity contribution in [2.24, 2.45) is 0 Å². The molecule has 0 aliphatic carbocycles. The van der Waals surface area contributed by atoms with Crippen LogP contribution in [0.25, 0.3) is 0 Å². The number of amides is 2. The molecule has 1 aromatic heterocycles. The van der Waals surface area contributed by atoms with Crippen LogP contribution in [-0.4, -0.2) is 30.3 Å². The van der Waals surface area contributed by atoms with Crippen LogP contribution in [0, 0.1) is 0 Å². The number of hydrogen-bond acceptors (Lipinski definition) is 3. The van der Waals surface area contributed by atoms with Gasteiger partial charge in [0.1, 0.15) is 0 Å². The first-order valence-electron chi connectivity index (χ1n) is 7.47. The Morgan fingerprint density at radius 1 is 1.12 bits per heavy atom. The molecule has 0 unspecified atom stereocenters. The summed E-state index contributed by atoms with van der Waals surface area (Å²) < 4.78 is 0.718. The van der Waals surface area contributed by atoms with Crippen molar-refractivity contribution >= 4 is 46.4 Å². The first-order valence-corrected chi connectivity index (χ1v) is 9.05. The highest BCUT2D eigenvalue weighted by atomic mass is 35.5. The van der Waals surface area contributed by atoms with Gasteiger partial charge in [0.25, 0.3) is 5.91 Å². The van der Waals surface area contributed by atoms with E-state index in [0.717, 1.165) is 9.21 Å². The monoisotopic (exact) mass is 384 g/mol. The van der Waals surface area contributed by atoms with Gasteiger partial charge in [0, 0.05) is 35.5 Å². The van der Waals surface area contributed by atoms with Gasteiger partial charge in [-0.1, -0.05) is 23.2 Å². The normalized spacial score (nSPS) is 10.5. The van der Waals surface area contributed by atoms with E-state index in [1.165, 1.54) is 11.3 Å². The van der Waals surface area contributed by atoms with Gasteiger partial charge < -0.3 is 10.2 Å². The molecular weight excluding hydrogens is 367 g/mol. The summed E-state index contributed by atoms with van der Waals surface area (Å²) in [6.45, 7) is 0.999. The van der Waals surface area contributed by atoms with E-state index in [2.05, 4.69) is 5.32 Å². The molecule has 2 rings (SSSR count). The van der Waals surface area contributed by atoms with Crippen molar-refractivity contribution in [2.75, 3.05) is 13.6 Å². The number of nitrogens with zero attached hydrogens (tertiary/aromatic N) is 1. The molecule has 7 heteroatoms. The van der Waals surface area contributed by atoms with Crippen molar-refractivity contribution < 1.29 is 9.59 Å². The summed E-state index contributed by atoms with van der Waals surface area (Å²) in [6, 6.07) is 10.4. The van der Waals surface area contributed by atoms with E-state index in [1.54, 1.807) is 36.2 Å². The molecule has 1 aromatic carbocycles. The van der Waals surface area contributed by atoms with Crippen molar-refractivity contribution in [2.45, 2.75) is 19.4 Å². The highest BCUT2D eigenvalue weighted by Crippen LogP contribution is 2.22. The number of carbonyl (C=O) groups is 2. The van der Waals surface area contributed by atoms with Gasteiger partial charge in [0.15, 0.2) is 0 Å². The summed E-state index contributed by atoms with van der Waals surface area (Å²) in [5, 5.41) is 3.39. The van der Waals surface area contributed by atoms with Crippen molar-refractivity contribution in [1.82, 2.24) is 10.2 Å². The van der Waals surface area contributed by atoms with Crippen LogP contribution in [-0.2, 0) is 11.3 Å². The van der Waals surface area contributed by atoms with Crippen molar-refractivity contribution in [3.05, 3.63) is 56.2 Å². The topological polar surface area (TPSA) is 49.4 Å². The lowest BCUT2D eigenvalue weighted by atomic mass is 10.2. The number of carbonyl (C=O) groups excluding carboxylic acids is 2. The van der Waals surface area contributed by atoms with E-state index < -0.39 is 0 Å². The van der Waals surface area contributed by atoms with Gasteiger partial charge in [0.05, 0.1) is 10.9 Å². The van der Waals surface area contributed by atoms with Crippen LogP contribution in [0.3, 0.4) is 0 Å². The first kappa shape index (κ1) is 18.8. The van der Waals surface area contributed by atoms with Gasteiger partial charge in [-0.2, -0.15) is 0 Å². The molecule has 1 heterocycles. The van der Waals surface area contributed by atoms with Crippen LogP contribution >= 0.6 is 34.5 Å². The molecule has 0 aliphatic heterocycles. The summed E-state index contributed by atoms with van der Waals surface area (Å²) in [4.78, 5) is 26.7. The number of nitrogens with one attached hydrogen (secondary N) is 1. The largest absolute Gasteiger partial charge is 0.352 e. The molecule has 128 valence electrons. The lowest BCUT2D eigenvalue weighted by Crippen LogP contribution is -2.28. The minimum atomic E-state index is -0.166. The molecule has 24 heavy (non-hydrogen) atoms. The number of halogens is 2. The van der Waals surface area contributed by atoms with Gasteiger partial charge in [-0.25, -0.2) is 0 Å². The summed E-state index contributed by atoms with van der Waals surface area (Å²) in [6.07, 6.45) is 0.976. The van der Waals surface area contributed by atoms with E-state index in [4.69, 9.17) is 23.2 Å². The highest BCUT2D eigenvalue weighted by Gasteiger charge is 2.11. The Hall–Kier alpha value is -1.56. The lowest BCUT2D eigenvalue weighted by molar-refractivity contribution is -0.130. The molecule has 0 atom stereocenters. The second kappa shape index (κ2) is 9.06. The molecule has 0 fully saturated rings. The average molecular weight is 385 g/mol. The van der Waals surface area contributed by atoms with Crippen LogP contribution in [0.15, 0.2) is 36.4 Å². The Labute approximate surface area is 155 Å². The molecule has 2 aromatic rings. The second-order valence-corrected chi connectivity index (χ2v) is 7.56. The maximum Gasteiger partial charge on any atom is 0.251 e. The zero-order chi connectivity index (χ0) is 17.5. The quantitative estimate of drug-likeness (QED) is 0.726. The molecule has 4 nitrogen and oxygen atoms in total. The molecule has 0 saturated heterocycles. The van der Waals surface area contributed by atoms with E-state index in [9.17, 15) is 9.59 Å². The Bertz CT molecular complexity index is 701. The van der Waals surface area contributed by atoms with E-state index in [-0.39, 0.29) is 11.8 Å². The lowest BCUT2D eigenvalue weighted by Gasteiger charge is -2.16. The highest BCUT2D eigenvalue weighted by molar-refractivity contribution is 7.16. The minimum Gasteiger partial charge on any atom is -0.352 e. The third-order valence-corrected chi connectivity index (χ3v) is 4.87. The first-order chi connectivity index (χ1) is 11.5. The summed E-state index contributed by atoms with van der Waals surface area (Å²) >= 11 is 13.1. The maximum atomic E-state index is 12.1. The molecular formula is C17H18Cl2N2O2S. The Balaban J connectivity index is 1.68. The minimum absolute atomic E-state index is 0.0419. The van der Waals surface area contributed by atoms with Crippen LogP contribution < -0.4 is 5.32 Å². The van der Waals surface area contributed by atoms with Crippen LogP contribution in [0.4, 0.5) is 0 Å². The van der Waals surface area contributed by atoms with Crippen LogP contribution in [0.5, 0.6) is 0 Å². The number of rotatable bonds is 7. The molecule has 0 radical (unpaired) electrons. The predicted octanol–water partition coefficient (Wildman–Crippen LogP) is 4.22. The Morgan fingerprint density at radius 2 is 1.83 bits per heavy atom. The fourth-order valence-corrected chi connectivity index (χ4v) is 3.36. The zero-order valence-corrected chi connectivity index (χ0v) is 15.5. The SMILES string of the molecule is CN(Cc1ccc(Cl)s1)C(=O)CCCNC(=O)c1ccc(Cl)cc1. The Kier molecular flexibility index (Phi) is 7.09. The Morgan fingerprint density at radius 3 is 2.46 bits per heavy atom. The second-order valence-electron chi connectivity index (χ2n) is 5.32. The number of thiophene rings is 1. The number of hydrogen-bond donors (Lipinski definition) is 1. The fourth-order valence-electron chi connectivity index (χ4n) is 2.09. The molecule has 0 bridgehead atoms. The van der Waals surface area contributed by atoms with Gasteiger partial charge >= 0.3 is 0 Å². The molecule has 0 spiro atoms. The van der Waals surface area contributed by atoms with Crippen LogP contribution in [0.2, 0.25) is 9.36 Å². The molecule has 2 amide bonds. The van der Waals surface area contributed by atoms with Crippen molar-refractivity contribution in [3.8, 4) is 0 Å². The van der Waals surface area contributed by atoms with Gasteiger partial charge in [-0.15, -0.1) is 11.3 Å². The van der Waals surface area contributed by atoms with E-state index >= 15 is 0 Å². The van der Waals surface area contributed by atoms with Gasteiger partial charge in [-0.3, -0.25) is 9.59 Å². The maximum absolute atomic E-state index is 12.1. The van der Waals surface area contributed by atoms with Crippen LogP contribution in [0.1, 0.15) is 28.1 Å². The standard InChI is InChI=1S/C17H18Cl2N2O2S/c1-21(11-14-8-9-15(19)24-14)16(22)3-2-10-20-17(23)12-4-6-13(18)7-5-12/h4-9H,2-3,10-11H2,1H3,(H,20,23). The molecule has 1 N–H and O–H groups in total. The summed E-state index contributed by atoms with van der Waals surface area (Å²) in [7, 11) is 1.77. The predicted molar refractivity (Wildman–Crippen MR) is 98.8 cm³/mol. The van der Waals surface area contributed by atoms with E-state index in [0.29, 0.717) is 36.5 Å². The number of benzene rings is 1. The van der Waals surface area contributed by atoms with Gasteiger partial charge in [0.2, 0.25) is 5.91 Å². The third-order valence-electron chi connectivity index (χ3n) is 3.41. The fraction of sp³-hybridized carbons (Fsp3) is 0.294. The molecule has 0 saturated carbocycles.